The van der Waals surface area contributed by atoms with Crippen molar-refractivity contribution in [3.8, 4) is 5.75 Å². The van der Waals surface area contributed by atoms with Crippen molar-refractivity contribution in [2.75, 3.05) is 0 Å². The highest BCUT2D eigenvalue weighted by molar-refractivity contribution is 5.75. The summed E-state index contributed by atoms with van der Waals surface area (Å²) in [4.78, 5) is 14.9. The van der Waals surface area contributed by atoms with Crippen molar-refractivity contribution >= 4 is 6.29 Å². The van der Waals surface area contributed by atoms with E-state index >= 15 is 0 Å². The maximum atomic E-state index is 10.6. The Balaban J connectivity index is 1.63. The fraction of sp³-hybridized carbons (Fsp3) is 0.308. The molecule has 92 valence electrons. The van der Waals surface area contributed by atoms with Gasteiger partial charge in [-0.1, -0.05) is 17.3 Å². The number of hydrogen-bond donors (Lipinski definition) is 0. The van der Waals surface area contributed by atoms with Crippen LogP contribution in [0.3, 0.4) is 0 Å². The van der Waals surface area contributed by atoms with E-state index in [1.54, 1.807) is 24.3 Å². The number of rotatable bonds is 5. The van der Waals surface area contributed by atoms with Gasteiger partial charge in [0.2, 0.25) is 0 Å². The molecule has 1 heterocycles. The molecule has 2 aromatic rings. The van der Waals surface area contributed by atoms with Gasteiger partial charge in [-0.05, 0) is 25.0 Å². The molecule has 5 nitrogen and oxygen atoms in total. The van der Waals surface area contributed by atoms with Crippen molar-refractivity contribution in [2.24, 2.45) is 0 Å². The summed E-state index contributed by atoms with van der Waals surface area (Å²) in [7, 11) is 0. The molecule has 0 bridgehead atoms. The zero-order chi connectivity index (χ0) is 12.4. The average Bonchev–Trinajstić information content (AvgIpc) is 3.16. The van der Waals surface area contributed by atoms with E-state index in [1.165, 1.54) is 0 Å². The fourth-order valence-corrected chi connectivity index (χ4v) is 1.66. The fourth-order valence-electron chi connectivity index (χ4n) is 1.66. The minimum atomic E-state index is 0.224. The van der Waals surface area contributed by atoms with Crippen molar-refractivity contribution in [1.29, 1.82) is 0 Å². The molecule has 18 heavy (non-hydrogen) atoms. The number of nitrogens with zero attached hydrogens (tertiary/aromatic N) is 2. The van der Waals surface area contributed by atoms with E-state index < -0.39 is 0 Å². The first kappa shape index (κ1) is 11.0. The molecule has 1 aliphatic rings. The van der Waals surface area contributed by atoms with E-state index in [4.69, 9.17) is 9.26 Å². The van der Waals surface area contributed by atoms with Gasteiger partial charge < -0.3 is 9.26 Å². The number of aldehydes is 1. The molecular weight excluding hydrogens is 232 g/mol. The largest absolute Gasteiger partial charge is 0.484 e. The number of aromatic nitrogens is 2. The third-order valence-corrected chi connectivity index (χ3v) is 2.78. The number of benzene rings is 1. The van der Waals surface area contributed by atoms with Crippen LogP contribution in [0.5, 0.6) is 5.75 Å². The second-order valence-electron chi connectivity index (χ2n) is 4.30. The van der Waals surface area contributed by atoms with E-state index in [9.17, 15) is 4.79 Å². The van der Waals surface area contributed by atoms with Crippen LogP contribution in [0.1, 0.15) is 40.8 Å². The Bertz CT molecular complexity index is 561. The lowest BCUT2D eigenvalue weighted by Gasteiger charge is -2.02. The Morgan fingerprint density at radius 3 is 3.11 bits per heavy atom. The van der Waals surface area contributed by atoms with Gasteiger partial charge >= 0.3 is 0 Å². The van der Waals surface area contributed by atoms with E-state index in [0.717, 1.165) is 25.0 Å². The minimum absolute atomic E-state index is 0.224. The highest BCUT2D eigenvalue weighted by Gasteiger charge is 2.28. The Kier molecular flexibility index (Phi) is 2.80. The standard InChI is InChI=1S/C13H12N2O3/c16-7-9-2-1-3-11(6-9)17-8-12-14-13(15-18-12)10-4-5-10/h1-3,6-7,10H,4-5,8H2. The summed E-state index contributed by atoms with van der Waals surface area (Å²) in [5, 5.41) is 3.90. The lowest BCUT2D eigenvalue weighted by atomic mass is 10.2. The molecule has 1 aliphatic carbocycles. The number of hydrogen-bond acceptors (Lipinski definition) is 5. The number of carbonyl (C=O) groups is 1. The van der Waals surface area contributed by atoms with E-state index in [-0.39, 0.29) is 6.61 Å². The molecule has 5 heteroatoms. The molecule has 1 saturated carbocycles. The first-order chi connectivity index (χ1) is 8.85. The van der Waals surface area contributed by atoms with Gasteiger partial charge in [0, 0.05) is 11.5 Å². The molecule has 0 spiro atoms. The van der Waals surface area contributed by atoms with Crippen molar-refractivity contribution in [1.82, 2.24) is 10.1 Å². The molecule has 0 unspecified atom stereocenters. The van der Waals surface area contributed by atoms with Crippen LogP contribution in [-0.4, -0.2) is 16.4 Å². The SMILES string of the molecule is O=Cc1cccc(OCc2nc(C3CC3)no2)c1. The van der Waals surface area contributed by atoms with Gasteiger partial charge in [0.25, 0.3) is 5.89 Å². The summed E-state index contributed by atoms with van der Waals surface area (Å²) in [6.45, 7) is 0.224. The summed E-state index contributed by atoms with van der Waals surface area (Å²) in [5.74, 6) is 2.33. The quantitative estimate of drug-likeness (QED) is 0.755. The van der Waals surface area contributed by atoms with Crippen LogP contribution in [0.4, 0.5) is 0 Å². The normalized spacial score (nSPS) is 14.4. The molecule has 0 aliphatic heterocycles. The average molecular weight is 244 g/mol. The van der Waals surface area contributed by atoms with Crippen LogP contribution in [0.15, 0.2) is 28.8 Å². The van der Waals surface area contributed by atoms with Crippen molar-refractivity contribution in [3.63, 3.8) is 0 Å². The lowest BCUT2D eigenvalue weighted by Crippen LogP contribution is -1.96. The predicted molar refractivity (Wildman–Crippen MR) is 62.4 cm³/mol. The molecular formula is C13H12N2O3. The van der Waals surface area contributed by atoms with Crippen molar-refractivity contribution in [3.05, 3.63) is 41.5 Å². The molecule has 1 aromatic carbocycles. The maximum Gasteiger partial charge on any atom is 0.264 e. The van der Waals surface area contributed by atoms with Crippen LogP contribution in [0.2, 0.25) is 0 Å². The van der Waals surface area contributed by atoms with E-state index in [2.05, 4.69) is 10.1 Å². The Labute approximate surface area is 104 Å². The lowest BCUT2D eigenvalue weighted by molar-refractivity contribution is 0.112. The number of carbonyl (C=O) groups excluding carboxylic acids is 1. The molecule has 0 amide bonds. The third-order valence-electron chi connectivity index (χ3n) is 2.78. The summed E-state index contributed by atoms with van der Waals surface area (Å²) in [5.41, 5.74) is 0.580. The summed E-state index contributed by atoms with van der Waals surface area (Å²) in [6.07, 6.45) is 3.06. The van der Waals surface area contributed by atoms with Gasteiger partial charge in [-0.3, -0.25) is 4.79 Å². The van der Waals surface area contributed by atoms with Crippen LogP contribution in [-0.2, 0) is 6.61 Å². The van der Waals surface area contributed by atoms with E-state index in [1.807, 2.05) is 0 Å². The van der Waals surface area contributed by atoms with Gasteiger partial charge in [-0.15, -0.1) is 0 Å². The second kappa shape index (κ2) is 4.60. The molecule has 0 saturated heterocycles. The monoisotopic (exact) mass is 244 g/mol. The zero-order valence-corrected chi connectivity index (χ0v) is 9.70. The van der Waals surface area contributed by atoms with Gasteiger partial charge in [0.15, 0.2) is 12.4 Å². The molecule has 0 atom stereocenters. The van der Waals surface area contributed by atoms with Gasteiger partial charge in [-0.25, -0.2) is 0 Å². The smallest absolute Gasteiger partial charge is 0.264 e. The zero-order valence-electron chi connectivity index (χ0n) is 9.70. The highest BCUT2D eigenvalue weighted by atomic mass is 16.5. The Hall–Kier alpha value is -2.17. The molecule has 0 N–H and O–H groups in total. The Morgan fingerprint density at radius 2 is 2.33 bits per heavy atom. The number of ether oxygens (including phenoxy) is 1. The third kappa shape index (κ3) is 2.40. The first-order valence-corrected chi connectivity index (χ1v) is 5.85. The van der Waals surface area contributed by atoms with Gasteiger partial charge in [0.05, 0.1) is 0 Å². The van der Waals surface area contributed by atoms with Crippen molar-refractivity contribution < 1.29 is 14.1 Å². The van der Waals surface area contributed by atoms with Crippen LogP contribution < -0.4 is 4.74 Å². The topological polar surface area (TPSA) is 65.2 Å². The Morgan fingerprint density at radius 1 is 1.44 bits per heavy atom. The van der Waals surface area contributed by atoms with Crippen LogP contribution >= 0.6 is 0 Å². The summed E-state index contributed by atoms with van der Waals surface area (Å²) in [6, 6.07) is 6.94. The minimum Gasteiger partial charge on any atom is -0.484 e. The van der Waals surface area contributed by atoms with E-state index in [0.29, 0.717) is 23.1 Å². The van der Waals surface area contributed by atoms with Crippen LogP contribution in [0.25, 0.3) is 0 Å². The second-order valence-corrected chi connectivity index (χ2v) is 4.30. The van der Waals surface area contributed by atoms with Gasteiger partial charge in [0.1, 0.15) is 12.0 Å². The van der Waals surface area contributed by atoms with Crippen molar-refractivity contribution in [2.45, 2.75) is 25.4 Å². The summed E-state index contributed by atoms with van der Waals surface area (Å²) < 4.78 is 10.6. The van der Waals surface area contributed by atoms with Crippen LogP contribution in [0, 0.1) is 0 Å². The summed E-state index contributed by atoms with van der Waals surface area (Å²) >= 11 is 0. The highest BCUT2D eigenvalue weighted by Crippen LogP contribution is 2.38. The van der Waals surface area contributed by atoms with Gasteiger partial charge in [-0.2, -0.15) is 4.98 Å². The molecule has 1 fully saturated rings. The maximum absolute atomic E-state index is 10.6. The molecule has 3 rings (SSSR count). The first-order valence-electron chi connectivity index (χ1n) is 5.85. The molecule has 0 radical (unpaired) electrons. The molecule has 1 aromatic heterocycles. The predicted octanol–water partition coefficient (Wildman–Crippen LogP) is 2.34.